The third-order valence-corrected chi connectivity index (χ3v) is 9.78. The minimum atomic E-state index is -1.25. The number of nitrogens with zero attached hydrogens (tertiary/aromatic N) is 1. The van der Waals surface area contributed by atoms with Crippen molar-refractivity contribution in [2.24, 2.45) is 28.9 Å². The number of nitrogens with two attached hydrogens (primary N) is 1. The largest absolute Gasteiger partial charge is 0.472 e. The van der Waals surface area contributed by atoms with Crippen molar-refractivity contribution in [2.75, 3.05) is 6.54 Å². The highest BCUT2D eigenvalue weighted by Gasteiger charge is 2.49. The molecule has 3 aliphatic rings. The summed E-state index contributed by atoms with van der Waals surface area (Å²) in [6.07, 6.45) is 8.83. The van der Waals surface area contributed by atoms with E-state index in [1.54, 1.807) is 6.07 Å². The first-order chi connectivity index (χ1) is 22.1. The molecule has 1 aliphatic heterocycles. The third kappa shape index (κ3) is 8.92. The Hall–Kier alpha value is -3.90. The van der Waals surface area contributed by atoms with Gasteiger partial charge in [0.1, 0.15) is 24.2 Å². The van der Waals surface area contributed by atoms with Crippen molar-refractivity contribution in [2.45, 2.75) is 123 Å². The Morgan fingerprint density at radius 1 is 1.04 bits per heavy atom. The lowest BCUT2D eigenvalue weighted by molar-refractivity contribution is -0.154. The van der Waals surface area contributed by atoms with Gasteiger partial charge in [-0.05, 0) is 54.9 Å². The number of carbonyl (C=O) groups is 6. The highest BCUT2D eigenvalue weighted by molar-refractivity contribution is 6.37. The van der Waals surface area contributed by atoms with Gasteiger partial charge < -0.3 is 35.7 Å². The van der Waals surface area contributed by atoms with E-state index < -0.39 is 64.6 Å². The van der Waals surface area contributed by atoms with Crippen LogP contribution in [-0.4, -0.2) is 70.6 Å². The Balaban J connectivity index is 1.52. The van der Waals surface area contributed by atoms with Gasteiger partial charge in [-0.1, -0.05) is 66.7 Å². The average Bonchev–Trinajstić information content (AvgIpc) is 3.47. The summed E-state index contributed by atoms with van der Waals surface area (Å²) in [5.74, 6) is -3.43. The van der Waals surface area contributed by atoms with E-state index in [4.69, 9.17) is 14.9 Å². The standard InChI is InChI=1S/C34H51N5O8/c1-20(2)23-11-15-39(25(23)29(42)36-24(17-21-9-10-21)26(40)28(35)41)30(43)27(33(3,4)5)37-32(45)38-34(13-7-6-8-14-34)31(44)47-19-22-12-16-46-18-22/h12,16,18,20-21,23-25,27H,6-11,13-15,17,19H2,1-5H3,(H2,35,41)(H,36,42)(H2,37,38,45)/t23-,24?,25+,27-/m1/s1. The molecule has 13 heteroatoms. The molecule has 2 saturated carbocycles. The Bertz CT molecular complexity index is 1310. The van der Waals surface area contributed by atoms with Gasteiger partial charge in [0, 0.05) is 12.1 Å². The summed E-state index contributed by atoms with van der Waals surface area (Å²) in [4.78, 5) is 81.1. The quantitative estimate of drug-likeness (QED) is 0.184. The summed E-state index contributed by atoms with van der Waals surface area (Å²) in [6.45, 7) is 9.66. The molecular formula is C34H51N5O8. The number of amides is 5. The van der Waals surface area contributed by atoms with Gasteiger partial charge in [-0.15, -0.1) is 0 Å². The van der Waals surface area contributed by atoms with Crippen molar-refractivity contribution >= 4 is 35.5 Å². The molecule has 1 aromatic rings. The van der Waals surface area contributed by atoms with Gasteiger partial charge in [0.25, 0.3) is 5.91 Å². The van der Waals surface area contributed by atoms with Crippen LogP contribution in [0.25, 0.3) is 0 Å². The van der Waals surface area contributed by atoms with Crippen LogP contribution < -0.4 is 21.7 Å². The maximum atomic E-state index is 14.3. The summed E-state index contributed by atoms with van der Waals surface area (Å²) in [5, 5.41) is 8.45. The summed E-state index contributed by atoms with van der Waals surface area (Å²) < 4.78 is 10.6. The molecule has 1 unspecified atom stereocenters. The van der Waals surface area contributed by atoms with Crippen LogP contribution in [0.2, 0.25) is 0 Å². The van der Waals surface area contributed by atoms with Gasteiger partial charge >= 0.3 is 12.0 Å². The molecule has 0 radical (unpaired) electrons. The van der Waals surface area contributed by atoms with Gasteiger partial charge in [0.05, 0.1) is 18.6 Å². The van der Waals surface area contributed by atoms with Crippen molar-refractivity contribution in [1.82, 2.24) is 20.9 Å². The number of hydrogen-bond donors (Lipinski definition) is 4. The fourth-order valence-electron chi connectivity index (χ4n) is 6.84. The second-order valence-corrected chi connectivity index (χ2v) is 14.9. The number of Topliss-reactive ketones (excluding diaryl/α,β-unsaturated/α-hetero) is 1. The number of urea groups is 1. The minimum absolute atomic E-state index is 0.00542. The predicted molar refractivity (Wildman–Crippen MR) is 171 cm³/mol. The van der Waals surface area contributed by atoms with E-state index >= 15 is 0 Å². The number of hydrogen-bond acceptors (Lipinski definition) is 8. The number of ether oxygens (including phenoxy) is 1. The Morgan fingerprint density at radius 2 is 1.72 bits per heavy atom. The summed E-state index contributed by atoms with van der Waals surface area (Å²) in [5.41, 5.74) is 3.96. The summed E-state index contributed by atoms with van der Waals surface area (Å²) in [7, 11) is 0. The number of primary amides is 1. The number of ketones is 1. The van der Waals surface area contributed by atoms with Gasteiger partial charge in [0.15, 0.2) is 0 Å². The molecule has 4 rings (SSSR count). The molecule has 13 nitrogen and oxygen atoms in total. The topological polar surface area (TPSA) is 190 Å². The first-order valence-electron chi connectivity index (χ1n) is 16.8. The first-order valence-corrected chi connectivity index (χ1v) is 16.8. The number of esters is 1. The number of furan rings is 1. The van der Waals surface area contributed by atoms with E-state index in [0.29, 0.717) is 31.2 Å². The smallest absolute Gasteiger partial charge is 0.332 e. The summed E-state index contributed by atoms with van der Waals surface area (Å²) in [6, 6.07) is -2.01. The van der Waals surface area contributed by atoms with Crippen LogP contribution in [0.15, 0.2) is 23.0 Å². The molecule has 1 aromatic heterocycles. The lowest BCUT2D eigenvalue weighted by Gasteiger charge is -2.39. The van der Waals surface area contributed by atoms with E-state index in [2.05, 4.69) is 16.0 Å². The minimum Gasteiger partial charge on any atom is -0.472 e. The first kappa shape index (κ1) is 35.9. The molecular weight excluding hydrogens is 606 g/mol. The lowest BCUT2D eigenvalue weighted by atomic mass is 9.81. The van der Waals surface area contributed by atoms with Crippen molar-refractivity contribution in [3.8, 4) is 0 Å². The van der Waals surface area contributed by atoms with E-state index in [1.807, 2.05) is 34.6 Å². The average molecular weight is 658 g/mol. The number of rotatable bonds is 13. The molecule has 2 aliphatic carbocycles. The molecule has 0 spiro atoms. The molecule has 5 N–H and O–H groups in total. The summed E-state index contributed by atoms with van der Waals surface area (Å²) >= 11 is 0. The Kier molecular flexibility index (Phi) is 11.4. The van der Waals surface area contributed by atoms with Crippen molar-refractivity contribution < 1.29 is 37.9 Å². The predicted octanol–water partition coefficient (Wildman–Crippen LogP) is 2.95. The van der Waals surface area contributed by atoms with Crippen LogP contribution in [0.5, 0.6) is 0 Å². The van der Waals surface area contributed by atoms with E-state index in [9.17, 15) is 28.8 Å². The van der Waals surface area contributed by atoms with E-state index in [-0.39, 0.29) is 30.9 Å². The lowest BCUT2D eigenvalue weighted by Crippen LogP contribution is -2.64. The second kappa shape index (κ2) is 14.9. The zero-order valence-corrected chi connectivity index (χ0v) is 28.3. The van der Waals surface area contributed by atoms with Gasteiger partial charge in [-0.2, -0.15) is 0 Å². The molecule has 3 fully saturated rings. The molecule has 5 amide bonds. The maximum Gasteiger partial charge on any atom is 0.332 e. The van der Waals surface area contributed by atoms with Crippen molar-refractivity contribution in [3.63, 3.8) is 0 Å². The Morgan fingerprint density at radius 3 is 2.28 bits per heavy atom. The molecule has 47 heavy (non-hydrogen) atoms. The molecule has 0 aromatic carbocycles. The number of nitrogens with one attached hydrogen (secondary N) is 3. The molecule has 2 heterocycles. The SMILES string of the molecule is CC(C)[C@H]1CCN(C(=O)[C@@H](NC(=O)NC2(C(=O)OCc3ccoc3)CCCCC2)C(C)(C)C)[C@@H]1C(=O)NC(CC1CC1)C(=O)C(N)=O. The highest BCUT2D eigenvalue weighted by atomic mass is 16.5. The Labute approximate surface area is 276 Å². The zero-order chi connectivity index (χ0) is 34.5. The molecule has 260 valence electrons. The van der Waals surface area contributed by atoms with Crippen LogP contribution in [0.4, 0.5) is 4.79 Å². The van der Waals surface area contributed by atoms with Crippen LogP contribution in [0.3, 0.4) is 0 Å². The third-order valence-electron chi connectivity index (χ3n) is 9.78. The zero-order valence-electron chi connectivity index (χ0n) is 28.3. The molecule has 1 saturated heterocycles. The van der Waals surface area contributed by atoms with Gasteiger partial charge in [-0.3, -0.25) is 19.2 Å². The second-order valence-electron chi connectivity index (χ2n) is 14.9. The van der Waals surface area contributed by atoms with Crippen LogP contribution in [0, 0.1) is 23.2 Å². The fourth-order valence-corrected chi connectivity index (χ4v) is 6.84. The van der Waals surface area contributed by atoms with E-state index in [1.165, 1.54) is 17.4 Å². The normalized spacial score (nSPS) is 22.2. The number of carbonyl (C=O) groups excluding carboxylic acids is 6. The van der Waals surface area contributed by atoms with E-state index in [0.717, 1.165) is 32.1 Å². The van der Waals surface area contributed by atoms with Crippen LogP contribution in [-0.2, 0) is 35.3 Å². The monoisotopic (exact) mass is 657 g/mol. The van der Waals surface area contributed by atoms with Gasteiger partial charge in [0.2, 0.25) is 17.6 Å². The van der Waals surface area contributed by atoms with Gasteiger partial charge in [-0.25, -0.2) is 9.59 Å². The maximum absolute atomic E-state index is 14.3. The van der Waals surface area contributed by atoms with Crippen molar-refractivity contribution in [3.05, 3.63) is 24.2 Å². The number of likely N-dealkylation sites (tertiary alicyclic amines) is 1. The van der Waals surface area contributed by atoms with Crippen LogP contribution in [0.1, 0.15) is 98.0 Å². The van der Waals surface area contributed by atoms with Crippen molar-refractivity contribution in [1.29, 1.82) is 0 Å². The van der Waals surface area contributed by atoms with Crippen LogP contribution >= 0.6 is 0 Å². The molecule has 0 bridgehead atoms. The highest BCUT2D eigenvalue weighted by Crippen LogP contribution is 2.36. The fraction of sp³-hybridized carbons (Fsp3) is 0.706. The molecule has 4 atom stereocenters.